The summed E-state index contributed by atoms with van der Waals surface area (Å²) in [7, 11) is -0.431. The van der Waals surface area contributed by atoms with Gasteiger partial charge in [-0.15, -0.1) is 10.2 Å². The molecule has 0 amide bonds. The largest absolute Gasteiger partial charge is 0.360 e. The van der Waals surface area contributed by atoms with Crippen LogP contribution in [0.5, 0.6) is 0 Å². The Morgan fingerprint density at radius 3 is 2.72 bits per heavy atom. The molecular formula is C18H26N6O2S3. The summed E-state index contributed by atoms with van der Waals surface area (Å²) in [6.45, 7) is 5.87. The summed E-state index contributed by atoms with van der Waals surface area (Å²) in [5, 5.41) is 12.5. The fraction of sp³-hybridized carbons (Fsp3) is 0.500. The second kappa shape index (κ2) is 9.41. The number of rotatable bonds is 10. The number of anilines is 1. The van der Waals surface area contributed by atoms with E-state index in [0.29, 0.717) is 11.3 Å². The Morgan fingerprint density at radius 1 is 1.24 bits per heavy atom. The van der Waals surface area contributed by atoms with Crippen molar-refractivity contribution in [3.63, 3.8) is 0 Å². The summed E-state index contributed by atoms with van der Waals surface area (Å²) in [5.74, 6) is 1.53. The van der Waals surface area contributed by atoms with Crippen LogP contribution in [0.25, 0.3) is 11.0 Å². The number of hydrogen-bond donors (Lipinski definition) is 1. The van der Waals surface area contributed by atoms with Crippen LogP contribution < -0.4 is 5.32 Å². The van der Waals surface area contributed by atoms with Crippen LogP contribution in [0.2, 0.25) is 0 Å². The van der Waals surface area contributed by atoms with Crippen molar-refractivity contribution in [1.29, 1.82) is 0 Å². The normalized spacial score (nSPS) is 12.2. The van der Waals surface area contributed by atoms with Gasteiger partial charge in [-0.3, -0.25) is 0 Å². The quantitative estimate of drug-likeness (QED) is 0.369. The van der Waals surface area contributed by atoms with E-state index in [0.717, 1.165) is 46.7 Å². The molecule has 0 aliphatic carbocycles. The molecule has 0 saturated carbocycles. The summed E-state index contributed by atoms with van der Waals surface area (Å²) in [6, 6.07) is 5.12. The van der Waals surface area contributed by atoms with Crippen molar-refractivity contribution in [2.75, 3.05) is 26.0 Å². The molecule has 158 valence electrons. The Hall–Kier alpha value is -1.69. The zero-order valence-electron chi connectivity index (χ0n) is 17.0. The van der Waals surface area contributed by atoms with E-state index in [-0.39, 0.29) is 4.90 Å². The van der Waals surface area contributed by atoms with Gasteiger partial charge in [0.05, 0.1) is 21.7 Å². The molecule has 0 spiro atoms. The van der Waals surface area contributed by atoms with Gasteiger partial charge in [0.1, 0.15) is 5.82 Å². The molecular weight excluding hydrogens is 428 g/mol. The monoisotopic (exact) mass is 454 g/mol. The Balaban J connectivity index is 1.79. The molecule has 2 aromatic heterocycles. The van der Waals surface area contributed by atoms with Gasteiger partial charge in [0.25, 0.3) is 0 Å². The van der Waals surface area contributed by atoms with E-state index in [1.165, 1.54) is 29.7 Å². The fourth-order valence-corrected chi connectivity index (χ4v) is 5.48. The number of thioether (sulfide) groups is 1. The molecule has 3 rings (SSSR count). The summed E-state index contributed by atoms with van der Waals surface area (Å²) < 4.78 is 29.0. The van der Waals surface area contributed by atoms with Crippen LogP contribution in [0.15, 0.2) is 27.4 Å². The van der Waals surface area contributed by atoms with E-state index in [1.54, 1.807) is 23.9 Å². The third-order valence-corrected chi connectivity index (χ3v) is 8.25. The third kappa shape index (κ3) is 4.90. The van der Waals surface area contributed by atoms with Crippen molar-refractivity contribution >= 4 is 49.3 Å². The van der Waals surface area contributed by atoms with E-state index in [4.69, 9.17) is 4.98 Å². The maximum atomic E-state index is 12.4. The summed E-state index contributed by atoms with van der Waals surface area (Å²) in [5.41, 5.74) is 1.62. The summed E-state index contributed by atoms with van der Waals surface area (Å²) >= 11 is 3.13. The van der Waals surface area contributed by atoms with Crippen molar-refractivity contribution in [2.45, 2.75) is 48.2 Å². The number of hydrogen-bond acceptors (Lipinski definition) is 8. The van der Waals surface area contributed by atoms with Crippen molar-refractivity contribution in [3.05, 3.63) is 24.0 Å². The molecule has 0 aliphatic heterocycles. The smallest absolute Gasteiger partial charge is 0.242 e. The second-order valence-corrected chi connectivity index (χ2v) is 11.0. The molecule has 0 aliphatic rings. The highest BCUT2D eigenvalue weighted by molar-refractivity contribution is 8.00. The number of unbranched alkanes of at least 4 members (excludes halogenated alkanes) is 1. The number of nitrogens with one attached hydrogen (secondary N) is 1. The highest BCUT2D eigenvalue weighted by Crippen LogP contribution is 2.30. The third-order valence-electron chi connectivity index (χ3n) is 4.43. The maximum Gasteiger partial charge on any atom is 0.242 e. The highest BCUT2D eigenvalue weighted by Gasteiger charge is 2.19. The number of fused-ring (bicyclic) bond motifs is 1. The van der Waals surface area contributed by atoms with Gasteiger partial charge in [-0.25, -0.2) is 17.7 Å². The Bertz CT molecular complexity index is 1070. The lowest BCUT2D eigenvalue weighted by Gasteiger charge is -2.11. The Kier molecular flexibility index (Phi) is 7.14. The first-order chi connectivity index (χ1) is 13.9. The van der Waals surface area contributed by atoms with Crippen LogP contribution in [0.4, 0.5) is 5.13 Å². The van der Waals surface area contributed by atoms with Gasteiger partial charge in [-0.2, -0.15) is 0 Å². The first-order valence-corrected chi connectivity index (χ1v) is 12.7. The van der Waals surface area contributed by atoms with Gasteiger partial charge in [-0.05, 0) is 31.5 Å². The Morgan fingerprint density at radius 2 is 2.03 bits per heavy atom. The van der Waals surface area contributed by atoms with Crippen LogP contribution in [0, 0.1) is 0 Å². The van der Waals surface area contributed by atoms with Crippen molar-refractivity contribution in [1.82, 2.24) is 24.1 Å². The molecule has 0 atom stereocenters. The van der Waals surface area contributed by atoms with Gasteiger partial charge in [0.15, 0.2) is 4.34 Å². The predicted molar refractivity (Wildman–Crippen MR) is 119 cm³/mol. The molecule has 11 heteroatoms. The molecule has 29 heavy (non-hydrogen) atoms. The van der Waals surface area contributed by atoms with Crippen molar-refractivity contribution < 1.29 is 8.42 Å². The zero-order valence-corrected chi connectivity index (χ0v) is 19.5. The minimum absolute atomic E-state index is 0.252. The number of aryl methyl sites for hydroxylation is 1. The van der Waals surface area contributed by atoms with Crippen molar-refractivity contribution in [2.24, 2.45) is 0 Å². The van der Waals surface area contributed by atoms with Crippen LogP contribution in [0.1, 0.15) is 32.5 Å². The zero-order chi connectivity index (χ0) is 21.0. The molecule has 0 radical (unpaired) electrons. The lowest BCUT2D eigenvalue weighted by Crippen LogP contribution is -2.22. The number of nitrogens with zero attached hydrogens (tertiary/aromatic N) is 5. The van der Waals surface area contributed by atoms with E-state index < -0.39 is 10.0 Å². The van der Waals surface area contributed by atoms with Crippen LogP contribution >= 0.6 is 23.1 Å². The average Bonchev–Trinajstić information content (AvgIpc) is 3.29. The molecule has 0 bridgehead atoms. The van der Waals surface area contributed by atoms with Gasteiger partial charge < -0.3 is 9.88 Å². The molecule has 1 N–H and O–H groups in total. The van der Waals surface area contributed by atoms with Gasteiger partial charge >= 0.3 is 0 Å². The summed E-state index contributed by atoms with van der Waals surface area (Å²) in [4.78, 5) is 4.95. The number of sulfonamides is 1. The molecule has 0 unspecified atom stereocenters. The van der Waals surface area contributed by atoms with Crippen LogP contribution in [0.3, 0.4) is 0 Å². The molecule has 8 nitrogen and oxygen atoms in total. The molecule has 2 heterocycles. The second-order valence-electron chi connectivity index (χ2n) is 6.65. The molecule has 1 aromatic carbocycles. The van der Waals surface area contributed by atoms with Crippen LogP contribution in [-0.2, 0) is 22.3 Å². The lowest BCUT2D eigenvalue weighted by atomic mass is 10.3. The first-order valence-electron chi connectivity index (χ1n) is 9.48. The number of aromatic nitrogens is 4. The summed E-state index contributed by atoms with van der Waals surface area (Å²) in [6.07, 6.45) is 2.24. The van der Waals surface area contributed by atoms with Crippen molar-refractivity contribution in [3.8, 4) is 0 Å². The number of imidazole rings is 1. The maximum absolute atomic E-state index is 12.4. The van der Waals surface area contributed by atoms with Gasteiger partial charge in [-0.1, -0.05) is 36.4 Å². The first kappa shape index (κ1) is 22.0. The van der Waals surface area contributed by atoms with E-state index in [1.807, 2.05) is 6.07 Å². The van der Waals surface area contributed by atoms with E-state index in [2.05, 4.69) is 33.9 Å². The molecule has 0 fully saturated rings. The minimum atomic E-state index is -3.49. The van der Waals surface area contributed by atoms with E-state index in [9.17, 15) is 8.42 Å². The molecule has 0 saturated heterocycles. The predicted octanol–water partition coefficient (Wildman–Crippen LogP) is 3.66. The number of benzene rings is 1. The topological polar surface area (TPSA) is 93.0 Å². The molecule has 3 aromatic rings. The standard InChI is InChI=1S/C18H26N6O2S3/c1-5-7-10-19-17-21-22-18(28-17)27-12-16-20-14-11-13(29(25,26)23(3)4)8-9-15(14)24(16)6-2/h8-9,11H,5-7,10,12H2,1-4H3,(H,19,21). The minimum Gasteiger partial charge on any atom is -0.360 e. The lowest BCUT2D eigenvalue weighted by molar-refractivity contribution is 0.521. The van der Waals surface area contributed by atoms with Crippen LogP contribution in [-0.4, -0.2) is 53.1 Å². The van der Waals surface area contributed by atoms with Gasteiger partial charge in [0, 0.05) is 27.2 Å². The fourth-order valence-electron chi connectivity index (χ4n) is 2.83. The Labute approximate surface area is 179 Å². The van der Waals surface area contributed by atoms with Gasteiger partial charge in [0.2, 0.25) is 15.2 Å². The highest BCUT2D eigenvalue weighted by atomic mass is 32.2. The van der Waals surface area contributed by atoms with E-state index >= 15 is 0 Å². The SMILES string of the molecule is CCCCNc1nnc(SCc2nc3cc(S(=O)(=O)N(C)C)ccc3n2CC)s1. The average molecular weight is 455 g/mol.